The molecule has 0 radical (unpaired) electrons. The summed E-state index contributed by atoms with van der Waals surface area (Å²) in [6.07, 6.45) is 1.85. The first-order valence-corrected chi connectivity index (χ1v) is 5.76. The van der Waals surface area contributed by atoms with E-state index in [4.69, 9.17) is 15.2 Å². The van der Waals surface area contributed by atoms with E-state index in [9.17, 15) is 9.90 Å². The lowest BCUT2D eigenvalue weighted by atomic mass is 10.1. The molecule has 1 saturated carbocycles. The molecule has 1 amide bonds. The van der Waals surface area contributed by atoms with Crippen LogP contribution in [0.3, 0.4) is 0 Å². The summed E-state index contributed by atoms with van der Waals surface area (Å²) in [6.45, 7) is -0.000555. The van der Waals surface area contributed by atoms with E-state index in [1.54, 1.807) is 7.11 Å². The van der Waals surface area contributed by atoms with Crippen LogP contribution in [0.4, 0.5) is 0 Å². The second-order valence-electron chi connectivity index (χ2n) is 4.51. The third-order valence-electron chi connectivity index (χ3n) is 3.38. The zero-order valence-electron chi connectivity index (χ0n) is 9.78. The third-order valence-corrected chi connectivity index (χ3v) is 3.38. The summed E-state index contributed by atoms with van der Waals surface area (Å²) in [5.41, 5.74) is 5.02. The lowest BCUT2D eigenvalue weighted by molar-refractivity contribution is -0.142. The SMILES string of the molecule is COC1C(N=CCC(N)=O)OC(CO)C2CC21. The first-order chi connectivity index (χ1) is 8.17. The number of carbonyl (C=O) groups excluding carboxylic acids is 1. The number of aliphatic hydroxyl groups is 1. The monoisotopic (exact) mass is 242 g/mol. The molecule has 1 aliphatic heterocycles. The Labute approximate surface area is 99.8 Å². The highest BCUT2D eigenvalue weighted by Crippen LogP contribution is 2.50. The summed E-state index contributed by atoms with van der Waals surface area (Å²) < 4.78 is 11.0. The molecule has 6 heteroatoms. The van der Waals surface area contributed by atoms with Crippen LogP contribution in [0.1, 0.15) is 12.8 Å². The lowest BCUT2D eigenvalue weighted by Gasteiger charge is -2.32. The van der Waals surface area contributed by atoms with Crippen molar-refractivity contribution in [1.82, 2.24) is 0 Å². The zero-order valence-corrected chi connectivity index (χ0v) is 9.78. The second kappa shape index (κ2) is 5.12. The van der Waals surface area contributed by atoms with Crippen molar-refractivity contribution in [1.29, 1.82) is 0 Å². The molecular weight excluding hydrogens is 224 g/mol. The molecule has 2 aliphatic rings. The van der Waals surface area contributed by atoms with Gasteiger partial charge in [0.2, 0.25) is 5.91 Å². The summed E-state index contributed by atoms with van der Waals surface area (Å²) in [5, 5.41) is 9.19. The molecule has 0 aromatic rings. The molecule has 2 rings (SSSR count). The predicted molar refractivity (Wildman–Crippen MR) is 60.4 cm³/mol. The van der Waals surface area contributed by atoms with Gasteiger partial charge in [0.25, 0.3) is 0 Å². The molecule has 0 spiro atoms. The van der Waals surface area contributed by atoms with E-state index >= 15 is 0 Å². The molecule has 0 aromatic heterocycles. The van der Waals surface area contributed by atoms with Gasteiger partial charge in [0.15, 0.2) is 6.23 Å². The number of methoxy groups -OCH3 is 1. The molecule has 96 valence electrons. The van der Waals surface area contributed by atoms with E-state index < -0.39 is 12.1 Å². The summed E-state index contributed by atoms with van der Waals surface area (Å²) in [6, 6.07) is 0. The van der Waals surface area contributed by atoms with Crippen LogP contribution >= 0.6 is 0 Å². The van der Waals surface area contributed by atoms with Crippen LogP contribution in [0.15, 0.2) is 4.99 Å². The maximum absolute atomic E-state index is 10.6. The average molecular weight is 242 g/mol. The van der Waals surface area contributed by atoms with Crippen molar-refractivity contribution >= 4 is 12.1 Å². The van der Waals surface area contributed by atoms with Crippen LogP contribution in [0.5, 0.6) is 0 Å². The van der Waals surface area contributed by atoms with Gasteiger partial charge in [-0.25, -0.2) is 0 Å². The number of primary amides is 1. The number of aliphatic hydroxyl groups excluding tert-OH is 1. The van der Waals surface area contributed by atoms with Crippen molar-refractivity contribution in [3.8, 4) is 0 Å². The molecule has 6 nitrogen and oxygen atoms in total. The lowest BCUT2D eigenvalue weighted by Crippen LogP contribution is -2.42. The first-order valence-electron chi connectivity index (χ1n) is 5.76. The van der Waals surface area contributed by atoms with Crippen LogP contribution in [-0.2, 0) is 14.3 Å². The van der Waals surface area contributed by atoms with E-state index in [0.29, 0.717) is 11.8 Å². The predicted octanol–water partition coefficient (Wildman–Crippen LogP) is -0.699. The van der Waals surface area contributed by atoms with E-state index in [2.05, 4.69) is 4.99 Å². The first kappa shape index (κ1) is 12.5. The van der Waals surface area contributed by atoms with E-state index in [1.165, 1.54) is 6.21 Å². The number of amides is 1. The van der Waals surface area contributed by atoms with Crippen LogP contribution < -0.4 is 5.73 Å². The molecule has 0 aromatic carbocycles. The van der Waals surface area contributed by atoms with Gasteiger partial charge in [0, 0.05) is 13.3 Å². The van der Waals surface area contributed by atoms with Gasteiger partial charge < -0.3 is 20.3 Å². The van der Waals surface area contributed by atoms with Gasteiger partial charge in [-0.3, -0.25) is 9.79 Å². The average Bonchev–Trinajstić information content (AvgIpc) is 3.07. The highest BCUT2D eigenvalue weighted by atomic mass is 16.6. The number of aliphatic imine (C=N–C) groups is 1. The van der Waals surface area contributed by atoms with Gasteiger partial charge in [0.1, 0.15) is 6.10 Å². The molecular formula is C11H18N2O4. The molecule has 17 heavy (non-hydrogen) atoms. The van der Waals surface area contributed by atoms with Crippen molar-refractivity contribution in [2.75, 3.05) is 13.7 Å². The van der Waals surface area contributed by atoms with Crippen LogP contribution in [-0.4, -0.2) is 49.4 Å². The number of hydrogen-bond donors (Lipinski definition) is 2. The van der Waals surface area contributed by atoms with Crippen molar-refractivity contribution in [2.24, 2.45) is 22.6 Å². The molecule has 1 heterocycles. The Balaban J connectivity index is 1.97. The van der Waals surface area contributed by atoms with Gasteiger partial charge in [-0.05, 0) is 18.3 Å². The van der Waals surface area contributed by atoms with Crippen molar-refractivity contribution in [3.63, 3.8) is 0 Å². The molecule has 1 saturated heterocycles. The van der Waals surface area contributed by atoms with Gasteiger partial charge in [0.05, 0.1) is 19.1 Å². The standard InChI is InChI=1S/C11H18N2O4/c1-16-10-7-4-6(7)8(5-14)17-11(10)13-3-2-9(12)15/h3,6-8,10-11,14H,2,4-5H2,1H3,(H2,12,15). The summed E-state index contributed by atoms with van der Waals surface area (Å²) in [5.74, 6) is 0.357. The minimum Gasteiger partial charge on any atom is -0.394 e. The zero-order chi connectivity index (χ0) is 12.4. The topological polar surface area (TPSA) is 94.1 Å². The summed E-state index contributed by atoms with van der Waals surface area (Å²) in [4.78, 5) is 14.8. The minimum atomic E-state index is -0.444. The largest absolute Gasteiger partial charge is 0.394 e. The Bertz CT molecular complexity index is 321. The highest BCUT2D eigenvalue weighted by molar-refractivity contribution is 5.88. The van der Waals surface area contributed by atoms with E-state index in [0.717, 1.165) is 6.42 Å². The van der Waals surface area contributed by atoms with E-state index in [-0.39, 0.29) is 25.2 Å². The fourth-order valence-electron chi connectivity index (χ4n) is 2.45. The number of carbonyl (C=O) groups is 1. The smallest absolute Gasteiger partial charge is 0.222 e. The van der Waals surface area contributed by atoms with Crippen molar-refractivity contribution < 1.29 is 19.4 Å². The Morgan fingerprint density at radius 3 is 3.00 bits per heavy atom. The molecule has 5 atom stereocenters. The fraction of sp³-hybridized carbons (Fsp3) is 0.818. The molecule has 1 aliphatic carbocycles. The summed E-state index contributed by atoms with van der Waals surface area (Å²) in [7, 11) is 1.62. The third kappa shape index (κ3) is 2.65. The molecule has 3 N–H and O–H groups in total. The quantitative estimate of drug-likeness (QED) is 0.623. The number of rotatable bonds is 5. The van der Waals surface area contributed by atoms with Crippen LogP contribution in [0.2, 0.25) is 0 Å². The highest BCUT2D eigenvalue weighted by Gasteiger charge is 2.55. The molecule has 0 bridgehead atoms. The number of nitrogens with zero attached hydrogens (tertiary/aromatic N) is 1. The normalized spacial score (nSPS) is 40.2. The number of hydrogen-bond acceptors (Lipinski definition) is 5. The Kier molecular flexibility index (Phi) is 3.76. The van der Waals surface area contributed by atoms with E-state index in [1.807, 2.05) is 0 Å². The number of ether oxygens (including phenoxy) is 2. The van der Waals surface area contributed by atoms with Gasteiger partial charge >= 0.3 is 0 Å². The number of fused-ring (bicyclic) bond motifs is 1. The fourth-order valence-corrected chi connectivity index (χ4v) is 2.45. The Morgan fingerprint density at radius 2 is 2.41 bits per heavy atom. The molecule has 5 unspecified atom stereocenters. The Hall–Kier alpha value is -0.980. The van der Waals surface area contributed by atoms with Gasteiger partial charge in [-0.15, -0.1) is 0 Å². The van der Waals surface area contributed by atoms with Crippen LogP contribution in [0.25, 0.3) is 0 Å². The Morgan fingerprint density at radius 1 is 1.65 bits per heavy atom. The number of nitrogens with two attached hydrogens (primary N) is 1. The van der Waals surface area contributed by atoms with Gasteiger partial charge in [-0.1, -0.05) is 0 Å². The van der Waals surface area contributed by atoms with Crippen LogP contribution in [0, 0.1) is 11.8 Å². The maximum atomic E-state index is 10.6. The van der Waals surface area contributed by atoms with Gasteiger partial charge in [-0.2, -0.15) is 0 Å². The maximum Gasteiger partial charge on any atom is 0.222 e. The second-order valence-corrected chi connectivity index (χ2v) is 4.51. The molecule has 2 fully saturated rings. The van der Waals surface area contributed by atoms with Crippen molar-refractivity contribution in [2.45, 2.75) is 31.3 Å². The summed E-state index contributed by atoms with van der Waals surface area (Å²) >= 11 is 0. The van der Waals surface area contributed by atoms with Crippen molar-refractivity contribution in [3.05, 3.63) is 0 Å². The minimum absolute atomic E-state index is 0.000555.